The molecule has 20 heavy (non-hydrogen) atoms. The van der Waals surface area contributed by atoms with Crippen LogP contribution in [0.1, 0.15) is 11.1 Å². The molecule has 0 radical (unpaired) electrons. The smallest absolute Gasteiger partial charge is 0.173 e. The van der Waals surface area contributed by atoms with Gasteiger partial charge in [0.2, 0.25) is 0 Å². The predicted molar refractivity (Wildman–Crippen MR) is 78.3 cm³/mol. The number of ether oxygens (including phenoxy) is 1. The van der Waals surface area contributed by atoms with Crippen molar-refractivity contribution in [3.05, 3.63) is 41.7 Å². The molecule has 2 aromatic rings. The molecule has 0 saturated carbocycles. The van der Waals surface area contributed by atoms with Crippen LogP contribution in [0.15, 0.2) is 40.9 Å². The van der Waals surface area contributed by atoms with E-state index in [-0.39, 0.29) is 5.84 Å². The average molecular weight is 292 g/mol. The van der Waals surface area contributed by atoms with E-state index in [2.05, 4.69) is 10.1 Å². The molecular formula is C13H16N4O2S. The molecule has 0 bridgehead atoms. The standard InChI is InChI=1S/C13H16N4O2S/c1-17-6-5-15-13(17)20-8-9-3-4-11(19-2)10(7-9)12(14)16-18/h3-7,18H,8H2,1-2H3,(H2,14,16). The van der Waals surface area contributed by atoms with Gasteiger partial charge < -0.3 is 20.2 Å². The summed E-state index contributed by atoms with van der Waals surface area (Å²) in [7, 11) is 3.50. The summed E-state index contributed by atoms with van der Waals surface area (Å²) in [5.74, 6) is 1.34. The van der Waals surface area contributed by atoms with Crippen LogP contribution in [-0.2, 0) is 12.8 Å². The van der Waals surface area contributed by atoms with E-state index >= 15 is 0 Å². The van der Waals surface area contributed by atoms with Gasteiger partial charge in [0.25, 0.3) is 0 Å². The lowest BCUT2D eigenvalue weighted by Crippen LogP contribution is -2.14. The maximum atomic E-state index is 8.80. The van der Waals surface area contributed by atoms with Crippen LogP contribution in [0.5, 0.6) is 5.75 Å². The number of thioether (sulfide) groups is 1. The molecule has 0 unspecified atom stereocenters. The zero-order valence-corrected chi connectivity index (χ0v) is 12.1. The molecule has 0 saturated heterocycles. The molecule has 1 aromatic carbocycles. The summed E-state index contributed by atoms with van der Waals surface area (Å²) in [5, 5.41) is 12.8. The Morgan fingerprint density at radius 2 is 2.35 bits per heavy atom. The number of hydrogen-bond donors (Lipinski definition) is 2. The first-order valence-electron chi connectivity index (χ1n) is 5.90. The Bertz CT molecular complexity index is 625. The third-order valence-electron chi connectivity index (χ3n) is 2.79. The summed E-state index contributed by atoms with van der Waals surface area (Å²) in [4.78, 5) is 4.25. The van der Waals surface area contributed by atoms with Crippen LogP contribution in [0.4, 0.5) is 0 Å². The fourth-order valence-electron chi connectivity index (χ4n) is 1.74. The van der Waals surface area contributed by atoms with Crippen LogP contribution in [0.25, 0.3) is 0 Å². The van der Waals surface area contributed by atoms with E-state index in [4.69, 9.17) is 15.7 Å². The highest BCUT2D eigenvalue weighted by Gasteiger charge is 2.10. The summed E-state index contributed by atoms with van der Waals surface area (Å²) in [6, 6.07) is 5.61. The van der Waals surface area contributed by atoms with Crippen molar-refractivity contribution in [3.8, 4) is 5.75 Å². The van der Waals surface area contributed by atoms with Crippen LogP contribution in [0.3, 0.4) is 0 Å². The number of nitrogens with two attached hydrogens (primary N) is 1. The highest BCUT2D eigenvalue weighted by Crippen LogP contribution is 2.25. The summed E-state index contributed by atoms with van der Waals surface area (Å²) in [6.45, 7) is 0. The SMILES string of the molecule is COc1ccc(CSc2nccn2C)cc1C(N)=NO. The number of hydrogen-bond acceptors (Lipinski definition) is 5. The predicted octanol–water partition coefficient (Wildman–Crippen LogP) is 1.82. The normalized spacial score (nSPS) is 11.6. The van der Waals surface area contributed by atoms with Crippen molar-refractivity contribution in [1.82, 2.24) is 9.55 Å². The first-order chi connectivity index (χ1) is 9.65. The van der Waals surface area contributed by atoms with Crippen molar-refractivity contribution in [2.45, 2.75) is 10.9 Å². The summed E-state index contributed by atoms with van der Waals surface area (Å²) >= 11 is 1.62. The number of oxime groups is 1. The lowest BCUT2D eigenvalue weighted by molar-refractivity contribution is 0.318. The molecule has 0 aliphatic carbocycles. The molecule has 0 atom stereocenters. The van der Waals surface area contributed by atoms with E-state index in [1.54, 1.807) is 25.1 Å². The molecular weight excluding hydrogens is 276 g/mol. The van der Waals surface area contributed by atoms with E-state index in [9.17, 15) is 0 Å². The minimum Gasteiger partial charge on any atom is -0.496 e. The highest BCUT2D eigenvalue weighted by molar-refractivity contribution is 7.98. The zero-order valence-electron chi connectivity index (χ0n) is 11.3. The van der Waals surface area contributed by atoms with Crippen molar-refractivity contribution in [3.63, 3.8) is 0 Å². The quantitative estimate of drug-likeness (QED) is 0.289. The van der Waals surface area contributed by atoms with Gasteiger partial charge in [-0.1, -0.05) is 23.0 Å². The fourth-order valence-corrected chi connectivity index (χ4v) is 2.61. The molecule has 0 aliphatic heterocycles. The van der Waals surface area contributed by atoms with Crippen LogP contribution >= 0.6 is 11.8 Å². The van der Waals surface area contributed by atoms with Crippen molar-refractivity contribution < 1.29 is 9.94 Å². The van der Waals surface area contributed by atoms with E-state index in [0.29, 0.717) is 11.3 Å². The molecule has 6 nitrogen and oxygen atoms in total. The molecule has 2 rings (SSSR count). The molecule has 0 aliphatic rings. The van der Waals surface area contributed by atoms with Gasteiger partial charge >= 0.3 is 0 Å². The maximum absolute atomic E-state index is 8.80. The number of imidazole rings is 1. The number of aromatic nitrogens is 2. The summed E-state index contributed by atoms with van der Waals surface area (Å²) in [5.41, 5.74) is 7.27. The highest BCUT2D eigenvalue weighted by atomic mass is 32.2. The minimum absolute atomic E-state index is 0.0330. The second-order valence-electron chi connectivity index (χ2n) is 4.13. The minimum atomic E-state index is 0.0330. The van der Waals surface area contributed by atoms with Gasteiger partial charge in [-0.25, -0.2) is 4.98 Å². The molecule has 0 fully saturated rings. The van der Waals surface area contributed by atoms with Gasteiger partial charge in [-0.15, -0.1) is 0 Å². The molecule has 106 valence electrons. The van der Waals surface area contributed by atoms with E-state index in [1.807, 2.05) is 36.0 Å². The Labute approximate surface area is 121 Å². The van der Waals surface area contributed by atoms with Crippen molar-refractivity contribution in [1.29, 1.82) is 0 Å². The molecule has 0 spiro atoms. The monoisotopic (exact) mass is 292 g/mol. The Kier molecular flexibility index (Phi) is 4.52. The molecule has 1 heterocycles. The summed E-state index contributed by atoms with van der Waals surface area (Å²) in [6.07, 6.45) is 3.66. The number of benzene rings is 1. The Balaban J connectivity index is 2.19. The summed E-state index contributed by atoms with van der Waals surface area (Å²) < 4.78 is 7.15. The third kappa shape index (κ3) is 3.05. The Morgan fingerprint density at radius 1 is 1.55 bits per heavy atom. The average Bonchev–Trinajstić information content (AvgIpc) is 2.89. The Hall–Kier alpha value is -2.15. The van der Waals surface area contributed by atoms with Crippen molar-refractivity contribution in [2.75, 3.05) is 7.11 Å². The van der Waals surface area contributed by atoms with Gasteiger partial charge in [0.1, 0.15) is 5.75 Å². The first kappa shape index (κ1) is 14.3. The number of aryl methyl sites for hydroxylation is 1. The fraction of sp³-hybridized carbons (Fsp3) is 0.231. The van der Waals surface area contributed by atoms with Gasteiger partial charge in [0.05, 0.1) is 12.7 Å². The third-order valence-corrected chi connectivity index (χ3v) is 3.92. The second-order valence-corrected chi connectivity index (χ2v) is 5.07. The topological polar surface area (TPSA) is 85.7 Å². The van der Waals surface area contributed by atoms with Gasteiger partial charge in [-0.05, 0) is 17.7 Å². The molecule has 0 amide bonds. The van der Waals surface area contributed by atoms with Crippen LogP contribution in [0.2, 0.25) is 0 Å². The largest absolute Gasteiger partial charge is 0.496 e. The van der Waals surface area contributed by atoms with Crippen LogP contribution in [-0.4, -0.2) is 27.7 Å². The zero-order chi connectivity index (χ0) is 14.5. The van der Waals surface area contributed by atoms with Gasteiger partial charge in [-0.2, -0.15) is 0 Å². The van der Waals surface area contributed by atoms with E-state index in [1.165, 1.54) is 0 Å². The van der Waals surface area contributed by atoms with Crippen LogP contribution < -0.4 is 10.5 Å². The number of rotatable bonds is 5. The van der Waals surface area contributed by atoms with Crippen molar-refractivity contribution in [2.24, 2.45) is 17.9 Å². The molecule has 1 aromatic heterocycles. The second kappa shape index (κ2) is 6.33. The Morgan fingerprint density at radius 3 is 2.95 bits per heavy atom. The van der Waals surface area contributed by atoms with Gasteiger partial charge in [0.15, 0.2) is 11.0 Å². The van der Waals surface area contributed by atoms with Gasteiger partial charge in [-0.3, -0.25) is 0 Å². The van der Waals surface area contributed by atoms with Crippen molar-refractivity contribution >= 4 is 17.6 Å². The lowest BCUT2D eigenvalue weighted by atomic mass is 10.1. The van der Waals surface area contributed by atoms with E-state index in [0.717, 1.165) is 16.5 Å². The number of nitrogens with zero attached hydrogens (tertiary/aromatic N) is 3. The molecule has 7 heteroatoms. The first-order valence-corrected chi connectivity index (χ1v) is 6.89. The number of amidine groups is 1. The lowest BCUT2D eigenvalue weighted by Gasteiger charge is -2.09. The molecule has 3 N–H and O–H groups in total. The van der Waals surface area contributed by atoms with Crippen LogP contribution in [0, 0.1) is 0 Å². The maximum Gasteiger partial charge on any atom is 0.173 e. The van der Waals surface area contributed by atoms with Gasteiger partial charge in [0, 0.05) is 25.2 Å². The van der Waals surface area contributed by atoms with E-state index < -0.39 is 0 Å². The number of methoxy groups -OCH3 is 1.